The van der Waals surface area contributed by atoms with Crippen LogP contribution in [0.3, 0.4) is 0 Å². The van der Waals surface area contributed by atoms with Crippen molar-refractivity contribution in [3.05, 3.63) is 29.3 Å². The van der Waals surface area contributed by atoms with Crippen LogP contribution < -0.4 is 4.74 Å². The van der Waals surface area contributed by atoms with E-state index in [1.165, 1.54) is 5.56 Å². The van der Waals surface area contributed by atoms with Gasteiger partial charge >= 0.3 is 0 Å². The molecule has 1 heterocycles. The lowest BCUT2D eigenvalue weighted by atomic mass is 10.0. The van der Waals surface area contributed by atoms with Gasteiger partial charge < -0.3 is 9.84 Å². The minimum Gasteiger partial charge on any atom is -0.493 e. The van der Waals surface area contributed by atoms with Crippen molar-refractivity contribution in [2.24, 2.45) is 0 Å². The van der Waals surface area contributed by atoms with Crippen molar-refractivity contribution in [2.75, 3.05) is 6.61 Å². The molecule has 0 aliphatic carbocycles. The lowest BCUT2D eigenvalue weighted by Gasteiger charge is -2.10. The molecular weight excluding hydrogens is 188 g/mol. The number of fused-ring (bicyclic) bond motifs is 1. The van der Waals surface area contributed by atoms with Gasteiger partial charge in [0.05, 0.1) is 12.7 Å². The molecule has 1 aliphatic heterocycles. The SMILES string of the molecule is C#CCCC(O)c1ccc2c(c1)CCO2. The van der Waals surface area contributed by atoms with E-state index in [4.69, 9.17) is 11.2 Å². The summed E-state index contributed by atoms with van der Waals surface area (Å²) in [6.07, 6.45) is 6.87. The molecule has 2 heteroatoms. The first-order valence-electron chi connectivity index (χ1n) is 5.18. The zero-order valence-corrected chi connectivity index (χ0v) is 8.57. The van der Waals surface area contributed by atoms with Crippen LogP contribution in [-0.4, -0.2) is 11.7 Å². The van der Waals surface area contributed by atoms with Crippen LogP contribution in [0.25, 0.3) is 0 Å². The molecule has 2 rings (SSSR count). The minimum atomic E-state index is -0.452. The van der Waals surface area contributed by atoms with E-state index in [0.717, 1.165) is 24.3 Å². The molecule has 0 saturated carbocycles. The summed E-state index contributed by atoms with van der Waals surface area (Å²) in [5.74, 6) is 3.48. The molecule has 0 spiro atoms. The Balaban J connectivity index is 2.12. The lowest BCUT2D eigenvalue weighted by Crippen LogP contribution is -1.97. The van der Waals surface area contributed by atoms with Gasteiger partial charge in [-0.05, 0) is 29.7 Å². The Morgan fingerprint density at radius 3 is 3.20 bits per heavy atom. The Bertz CT molecular complexity index is 390. The Hall–Kier alpha value is -1.46. The quantitative estimate of drug-likeness (QED) is 0.760. The first-order valence-corrected chi connectivity index (χ1v) is 5.18. The average Bonchev–Trinajstić information content (AvgIpc) is 2.72. The van der Waals surface area contributed by atoms with Gasteiger partial charge in [0.25, 0.3) is 0 Å². The third kappa shape index (κ3) is 2.14. The second kappa shape index (κ2) is 4.37. The summed E-state index contributed by atoms with van der Waals surface area (Å²) >= 11 is 0. The van der Waals surface area contributed by atoms with E-state index in [-0.39, 0.29) is 0 Å². The van der Waals surface area contributed by atoms with Crippen LogP contribution >= 0.6 is 0 Å². The fourth-order valence-electron chi connectivity index (χ4n) is 1.80. The molecular formula is C13H14O2. The van der Waals surface area contributed by atoms with Crippen LogP contribution in [0.4, 0.5) is 0 Å². The van der Waals surface area contributed by atoms with E-state index in [0.29, 0.717) is 12.8 Å². The highest BCUT2D eigenvalue weighted by Crippen LogP contribution is 2.29. The standard InChI is InChI=1S/C13H14O2/c1-2-3-4-12(14)10-5-6-13-11(9-10)7-8-15-13/h1,5-6,9,12,14H,3-4,7-8H2. The van der Waals surface area contributed by atoms with Crippen LogP contribution in [0.5, 0.6) is 5.75 Å². The third-order valence-corrected chi connectivity index (χ3v) is 2.66. The highest BCUT2D eigenvalue weighted by molar-refractivity contribution is 5.40. The van der Waals surface area contributed by atoms with E-state index in [9.17, 15) is 5.11 Å². The normalized spacial score (nSPS) is 15.2. The number of terminal acetylenes is 1. The van der Waals surface area contributed by atoms with Gasteiger partial charge in [0.15, 0.2) is 0 Å². The van der Waals surface area contributed by atoms with Gasteiger partial charge in [-0.2, -0.15) is 0 Å². The molecule has 0 radical (unpaired) electrons. The van der Waals surface area contributed by atoms with Crippen LogP contribution in [0.2, 0.25) is 0 Å². The van der Waals surface area contributed by atoms with Crippen LogP contribution in [0, 0.1) is 12.3 Å². The summed E-state index contributed by atoms with van der Waals surface area (Å²) in [6, 6.07) is 5.85. The topological polar surface area (TPSA) is 29.5 Å². The molecule has 0 amide bonds. The smallest absolute Gasteiger partial charge is 0.122 e. The van der Waals surface area contributed by atoms with Crippen LogP contribution in [0.1, 0.15) is 30.1 Å². The van der Waals surface area contributed by atoms with Gasteiger partial charge in [0, 0.05) is 12.8 Å². The highest BCUT2D eigenvalue weighted by atomic mass is 16.5. The van der Waals surface area contributed by atoms with Gasteiger partial charge in [0.2, 0.25) is 0 Å². The number of hydrogen-bond acceptors (Lipinski definition) is 2. The molecule has 15 heavy (non-hydrogen) atoms. The Labute approximate surface area is 89.9 Å². The van der Waals surface area contributed by atoms with Gasteiger partial charge in [0.1, 0.15) is 5.75 Å². The van der Waals surface area contributed by atoms with Crippen molar-refractivity contribution < 1.29 is 9.84 Å². The van der Waals surface area contributed by atoms with Crippen molar-refractivity contribution >= 4 is 0 Å². The molecule has 1 aromatic carbocycles. The highest BCUT2D eigenvalue weighted by Gasteiger charge is 2.14. The number of aliphatic hydroxyl groups is 1. The Kier molecular flexibility index (Phi) is 2.94. The number of hydrogen-bond donors (Lipinski definition) is 1. The average molecular weight is 202 g/mol. The maximum absolute atomic E-state index is 9.85. The van der Waals surface area contributed by atoms with Gasteiger partial charge in [-0.15, -0.1) is 12.3 Å². The lowest BCUT2D eigenvalue weighted by molar-refractivity contribution is 0.169. The third-order valence-electron chi connectivity index (χ3n) is 2.66. The van der Waals surface area contributed by atoms with E-state index in [2.05, 4.69) is 5.92 Å². The number of ether oxygens (including phenoxy) is 1. The van der Waals surface area contributed by atoms with Gasteiger partial charge in [-0.1, -0.05) is 6.07 Å². The predicted octanol–water partition coefficient (Wildman–Crippen LogP) is 2.07. The van der Waals surface area contributed by atoms with Crippen molar-refractivity contribution in [3.8, 4) is 18.1 Å². The summed E-state index contributed by atoms with van der Waals surface area (Å²) in [7, 11) is 0. The molecule has 1 unspecified atom stereocenters. The van der Waals surface area contributed by atoms with Crippen LogP contribution in [0.15, 0.2) is 18.2 Å². The van der Waals surface area contributed by atoms with Gasteiger partial charge in [-0.3, -0.25) is 0 Å². The summed E-state index contributed by atoms with van der Waals surface area (Å²) < 4.78 is 5.40. The molecule has 1 aromatic rings. The number of rotatable bonds is 3. The van der Waals surface area contributed by atoms with Crippen molar-refractivity contribution in [1.29, 1.82) is 0 Å². The number of aliphatic hydroxyl groups excluding tert-OH is 1. The molecule has 1 N–H and O–H groups in total. The summed E-state index contributed by atoms with van der Waals surface area (Å²) in [6.45, 7) is 0.749. The van der Waals surface area contributed by atoms with Crippen molar-refractivity contribution in [3.63, 3.8) is 0 Å². The molecule has 0 fully saturated rings. The predicted molar refractivity (Wildman–Crippen MR) is 58.7 cm³/mol. The van der Waals surface area contributed by atoms with Gasteiger partial charge in [-0.25, -0.2) is 0 Å². The largest absolute Gasteiger partial charge is 0.493 e. The Morgan fingerprint density at radius 1 is 1.53 bits per heavy atom. The second-order valence-electron chi connectivity index (χ2n) is 3.72. The fraction of sp³-hybridized carbons (Fsp3) is 0.385. The Morgan fingerprint density at radius 2 is 2.40 bits per heavy atom. The second-order valence-corrected chi connectivity index (χ2v) is 3.72. The molecule has 78 valence electrons. The van der Waals surface area contributed by atoms with E-state index < -0.39 is 6.10 Å². The molecule has 0 saturated heterocycles. The van der Waals surface area contributed by atoms with Crippen LogP contribution in [-0.2, 0) is 6.42 Å². The van der Waals surface area contributed by atoms with E-state index in [1.54, 1.807) is 0 Å². The minimum absolute atomic E-state index is 0.452. The maximum Gasteiger partial charge on any atom is 0.122 e. The molecule has 1 atom stereocenters. The summed E-state index contributed by atoms with van der Waals surface area (Å²) in [5.41, 5.74) is 2.13. The zero-order chi connectivity index (χ0) is 10.7. The van der Waals surface area contributed by atoms with E-state index in [1.807, 2.05) is 18.2 Å². The molecule has 2 nitrogen and oxygen atoms in total. The van der Waals surface area contributed by atoms with Crippen molar-refractivity contribution in [2.45, 2.75) is 25.4 Å². The summed E-state index contributed by atoms with van der Waals surface area (Å²) in [5, 5.41) is 9.85. The van der Waals surface area contributed by atoms with Crippen molar-refractivity contribution in [1.82, 2.24) is 0 Å². The van der Waals surface area contributed by atoms with E-state index >= 15 is 0 Å². The first kappa shape index (κ1) is 10.1. The molecule has 0 bridgehead atoms. The maximum atomic E-state index is 9.85. The molecule has 1 aliphatic rings. The number of benzene rings is 1. The zero-order valence-electron chi connectivity index (χ0n) is 8.57. The molecule has 0 aromatic heterocycles. The monoisotopic (exact) mass is 202 g/mol. The first-order chi connectivity index (χ1) is 7.31. The summed E-state index contributed by atoms with van der Waals surface area (Å²) in [4.78, 5) is 0. The fourth-order valence-corrected chi connectivity index (χ4v) is 1.80.